The Hall–Kier alpha value is -2.67. The van der Waals surface area contributed by atoms with Gasteiger partial charge in [-0.15, -0.1) is 11.8 Å². The van der Waals surface area contributed by atoms with Crippen molar-refractivity contribution in [2.75, 3.05) is 12.9 Å². The molecule has 0 unspecified atom stereocenters. The minimum Gasteiger partial charge on any atom is -0.497 e. The van der Waals surface area contributed by atoms with E-state index in [-0.39, 0.29) is 30.2 Å². The van der Waals surface area contributed by atoms with E-state index in [1.165, 1.54) is 11.8 Å². The number of carbonyl (C=O) groups is 2. The number of nitrogens with zero attached hydrogens (tertiary/aromatic N) is 1. The van der Waals surface area contributed by atoms with E-state index in [4.69, 9.17) is 27.9 Å². The van der Waals surface area contributed by atoms with Gasteiger partial charge in [-0.2, -0.15) is 0 Å². The average molecular weight is 560 g/mol. The molecule has 0 radical (unpaired) electrons. The first-order chi connectivity index (χ1) is 17.8. The Balaban J connectivity index is 1.86. The molecule has 0 heterocycles. The van der Waals surface area contributed by atoms with E-state index in [1.54, 1.807) is 18.1 Å². The molecule has 0 fully saturated rings. The molecule has 2 amide bonds. The second kappa shape index (κ2) is 14.3. The summed E-state index contributed by atoms with van der Waals surface area (Å²) in [7, 11) is 1.61. The first-order valence-electron chi connectivity index (χ1n) is 12.0. The largest absolute Gasteiger partial charge is 0.497 e. The van der Waals surface area contributed by atoms with Gasteiger partial charge in [0.2, 0.25) is 11.8 Å². The Labute approximate surface area is 233 Å². The van der Waals surface area contributed by atoms with Crippen LogP contribution in [0.4, 0.5) is 0 Å². The molecular weight excluding hydrogens is 527 g/mol. The van der Waals surface area contributed by atoms with E-state index in [0.29, 0.717) is 28.0 Å². The van der Waals surface area contributed by atoms with E-state index in [2.05, 4.69) is 5.32 Å². The minimum atomic E-state index is -0.672. The number of halogens is 2. The van der Waals surface area contributed by atoms with Crippen LogP contribution in [0.5, 0.6) is 5.75 Å². The Morgan fingerprint density at radius 2 is 1.65 bits per heavy atom. The van der Waals surface area contributed by atoms with Crippen molar-refractivity contribution in [2.24, 2.45) is 0 Å². The Kier molecular flexibility index (Phi) is 11.2. The zero-order valence-electron chi connectivity index (χ0n) is 21.2. The van der Waals surface area contributed by atoms with Crippen LogP contribution in [0.3, 0.4) is 0 Å². The fraction of sp³-hybridized carbons (Fsp3) is 0.310. The first-order valence-corrected chi connectivity index (χ1v) is 14.0. The molecule has 0 spiro atoms. The van der Waals surface area contributed by atoms with Crippen LogP contribution in [-0.2, 0) is 28.3 Å². The topological polar surface area (TPSA) is 58.6 Å². The van der Waals surface area contributed by atoms with Crippen molar-refractivity contribution in [2.45, 2.75) is 44.6 Å². The normalized spacial score (nSPS) is 11.7. The van der Waals surface area contributed by atoms with E-state index < -0.39 is 6.04 Å². The number of carbonyl (C=O) groups excluding carboxylic acids is 2. The number of hydrogen-bond donors (Lipinski definition) is 1. The van der Waals surface area contributed by atoms with Gasteiger partial charge in [0.1, 0.15) is 11.8 Å². The number of rotatable bonds is 12. The average Bonchev–Trinajstić information content (AvgIpc) is 2.88. The molecule has 196 valence electrons. The summed E-state index contributed by atoms with van der Waals surface area (Å²) in [5, 5.41) is 3.99. The highest BCUT2D eigenvalue weighted by Gasteiger charge is 2.30. The molecular formula is C29H32Cl2N2O3S. The lowest BCUT2D eigenvalue weighted by atomic mass is 10.0. The van der Waals surface area contributed by atoms with Gasteiger partial charge in [-0.05, 0) is 54.8 Å². The summed E-state index contributed by atoms with van der Waals surface area (Å²) in [5.41, 5.74) is 2.85. The number of methoxy groups -OCH3 is 1. The van der Waals surface area contributed by atoms with Gasteiger partial charge in [-0.25, -0.2) is 0 Å². The molecule has 1 atom stereocenters. The Morgan fingerprint density at radius 1 is 0.919 bits per heavy atom. The molecule has 8 heteroatoms. The maximum atomic E-state index is 13.7. The van der Waals surface area contributed by atoms with E-state index in [9.17, 15) is 9.59 Å². The third kappa shape index (κ3) is 8.99. The monoisotopic (exact) mass is 558 g/mol. The highest BCUT2D eigenvalue weighted by Crippen LogP contribution is 2.25. The van der Waals surface area contributed by atoms with Gasteiger partial charge >= 0.3 is 0 Å². The summed E-state index contributed by atoms with van der Waals surface area (Å²) in [4.78, 5) is 28.8. The Bertz CT molecular complexity index is 1190. The zero-order chi connectivity index (χ0) is 26.8. The van der Waals surface area contributed by atoms with Crippen LogP contribution >= 0.6 is 35.0 Å². The zero-order valence-corrected chi connectivity index (χ0v) is 23.6. The molecule has 3 aromatic carbocycles. The van der Waals surface area contributed by atoms with Crippen molar-refractivity contribution in [3.05, 3.63) is 99.5 Å². The van der Waals surface area contributed by atoms with Gasteiger partial charge in [0.15, 0.2) is 0 Å². The highest BCUT2D eigenvalue weighted by molar-refractivity contribution is 7.99. The fourth-order valence-electron chi connectivity index (χ4n) is 3.87. The fourth-order valence-corrected chi connectivity index (χ4v) is 5.05. The van der Waals surface area contributed by atoms with Crippen molar-refractivity contribution in [3.63, 3.8) is 0 Å². The van der Waals surface area contributed by atoms with Crippen LogP contribution in [0.25, 0.3) is 0 Å². The quantitative estimate of drug-likeness (QED) is 0.279. The number of nitrogens with one attached hydrogen (secondary N) is 1. The van der Waals surface area contributed by atoms with Gasteiger partial charge in [0.25, 0.3) is 0 Å². The molecule has 0 bridgehead atoms. The van der Waals surface area contributed by atoms with Crippen molar-refractivity contribution in [1.29, 1.82) is 0 Å². The van der Waals surface area contributed by atoms with E-state index >= 15 is 0 Å². The molecule has 3 aromatic rings. The molecule has 5 nitrogen and oxygen atoms in total. The molecule has 0 saturated carbocycles. The van der Waals surface area contributed by atoms with Gasteiger partial charge in [0.05, 0.1) is 22.9 Å². The molecule has 0 aliphatic carbocycles. The summed E-state index contributed by atoms with van der Waals surface area (Å²) in [6.45, 7) is 4.12. The predicted octanol–water partition coefficient (Wildman–Crippen LogP) is 6.40. The van der Waals surface area contributed by atoms with Crippen LogP contribution in [-0.4, -0.2) is 41.7 Å². The third-order valence-electron chi connectivity index (χ3n) is 5.67. The first kappa shape index (κ1) is 28.9. The molecule has 0 aliphatic rings. The van der Waals surface area contributed by atoms with Crippen molar-refractivity contribution < 1.29 is 14.3 Å². The number of ether oxygens (including phenoxy) is 1. The highest BCUT2D eigenvalue weighted by atomic mass is 35.5. The standard InChI is InChI=1S/C29H32Cl2N2O3S/c1-20(2)32-29(35)27(16-21-8-5-4-6-9-21)33(17-22-10-7-11-24(14-22)36-3)28(34)19-37-18-23-12-13-25(30)26(31)15-23/h4-15,20,27H,16-19H2,1-3H3,(H,32,35)/t27-/m0/s1. The van der Waals surface area contributed by atoms with Gasteiger partial charge < -0.3 is 15.0 Å². The summed E-state index contributed by atoms with van der Waals surface area (Å²) in [6.07, 6.45) is 0.409. The summed E-state index contributed by atoms with van der Waals surface area (Å²) >= 11 is 13.6. The second-order valence-electron chi connectivity index (χ2n) is 8.98. The van der Waals surface area contributed by atoms with E-state index in [0.717, 1.165) is 16.7 Å². The lowest BCUT2D eigenvalue weighted by Crippen LogP contribution is -2.52. The van der Waals surface area contributed by atoms with Gasteiger partial charge in [0, 0.05) is 24.8 Å². The van der Waals surface area contributed by atoms with Crippen molar-refractivity contribution in [3.8, 4) is 5.75 Å². The Morgan fingerprint density at radius 3 is 2.32 bits per heavy atom. The maximum absolute atomic E-state index is 13.7. The van der Waals surface area contributed by atoms with E-state index in [1.807, 2.05) is 80.6 Å². The maximum Gasteiger partial charge on any atom is 0.243 e. The SMILES string of the molecule is COc1cccc(CN(C(=O)CSCc2ccc(Cl)c(Cl)c2)[C@@H](Cc2ccccc2)C(=O)NC(C)C)c1. The molecule has 0 aromatic heterocycles. The van der Waals surface area contributed by atoms with Crippen LogP contribution in [0.1, 0.15) is 30.5 Å². The van der Waals surface area contributed by atoms with Gasteiger partial charge in [-0.1, -0.05) is 71.7 Å². The van der Waals surface area contributed by atoms with Crippen LogP contribution in [0.2, 0.25) is 10.0 Å². The number of thioether (sulfide) groups is 1. The second-order valence-corrected chi connectivity index (χ2v) is 10.8. The number of benzene rings is 3. The number of amides is 2. The van der Waals surface area contributed by atoms with Crippen molar-refractivity contribution in [1.82, 2.24) is 10.2 Å². The third-order valence-corrected chi connectivity index (χ3v) is 7.39. The molecule has 0 saturated heterocycles. The number of hydrogen-bond acceptors (Lipinski definition) is 4. The lowest BCUT2D eigenvalue weighted by molar-refractivity contribution is -0.139. The van der Waals surface area contributed by atoms with Gasteiger partial charge in [-0.3, -0.25) is 9.59 Å². The molecule has 37 heavy (non-hydrogen) atoms. The summed E-state index contributed by atoms with van der Waals surface area (Å²) in [5.74, 6) is 1.21. The van der Waals surface area contributed by atoms with Crippen LogP contribution in [0, 0.1) is 0 Å². The lowest BCUT2D eigenvalue weighted by Gasteiger charge is -2.32. The minimum absolute atomic E-state index is 0.0522. The molecule has 1 N–H and O–H groups in total. The van der Waals surface area contributed by atoms with Crippen LogP contribution < -0.4 is 10.1 Å². The molecule has 0 aliphatic heterocycles. The summed E-state index contributed by atoms with van der Waals surface area (Å²) in [6, 6.07) is 22.1. The molecule has 3 rings (SSSR count). The van der Waals surface area contributed by atoms with Crippen molar-refractivity contribution >= 4 is 46.8 Å². The predicted molar refractivity (Wildman–Crippen MR) is 153 cm³/mol. The smallest absolute Gasteiger partial charge is 0.243 e. The summed E-state index contributed by atoms with van der Waals surface area (Å²) < 4.78 is 5.38. The van der Waals surface area contributed by atoms with Crippen LogP contribution in [0.15, 0.2) is 72.8 Å².